The van der Waals surface area contributed by atoms with Crippen LogP contribution >= 0.6 is 23.1 Å². The Morgan fingerprint density at radius 2 is 1.58 bits per heavy atom. The molecule has 2 nitrogen and oxygen atoms in total. The van der Waals surface area contributed by atoms with E-state index >= 15 is 0 Å². The summed E-state index contributed by atoms with van der Waals surface area (Å²) in [6.07, 6.45) is 14.2. The molecule has 0 saturated carbocycles. The fraction of sp³-hybridized carbons (Fsp3) is 0.130. The molecule has 0 fully saturated rings. The molecule has 50 heavy (non-hydrogen) atoms. The van der Waals surface area contributed by atoms with Crippen molar-refractivity contribution >= 4 is 61.1 Å². The monoisotopic (exact) mass is 679 g/mol. The molecular formula is C46H35N2S2+. The molecule has 2 aliphatic heterocycles. The first-order chi connectivity index (χ1) is 24.5. The van der Waals surface area contributed by atoms with Crippen LogP contribution in [0.3, 0.4) is 0 Å². The van der Waals surface area contributed by atoms with Crippen molar-refractivity contribution < 1.29 is 5.01 Å². The van der Waals surface area contributed by atoms with Gasteiger partial charge in [-0.25, -0.2) is 0 Å². The quantitative estimate of drug-likeness (QED) is 0.195. The van der Waals surface area contributed by atoms with E-state index in [1.165, 1.54) is 96.2 Å². The Morgan fingerprint density at radius 3 is 2.54 bits per heavy atom. The Kier molecular flexibility index (Phi) is 6.11. The second-order valence-electron chi connectivity index (χ2n) is 14.6. The second-order valence-corrected chi connectivity index (χ2v) is 16.7. The summed E-state index contributed by atoms with van der Waals surface area (Å²) >= 11 is 3.90. The molecule has 3 atom stereocenters. The number of thiophene rings is 1. The van der Waals surface area contributed by atoms with E-state index in [1.54, 1.807) is 0 Å². The van der Waals surface area contributed by atoms with Crippen molar-refractivity contribution in [1.29, 1.82) is 0 Å². The highest BCUT2D eigenvalue weighted by Gasteiger charge is 2.44. The predicted octanol–water partition coefficient (Wildman–Crippen LogP) is 11.3. The van der Waals surface area contributed by atoms with E-state index in [-0.39, 0.29) is 5.41 Å². The third-order valence-electron chi connectivity index (χ3n) is 11.4. The minimum Gasteiger partial charge on any atom is -0.183 e. The van der Waals surface area contributed by atoms with Gasteiger partial charge < -0.3 is 0 Å². The van der Waals surface area contributed by atoms with Gasteiger partial charge in [-0.05, 0) is 93.9 Å². The van der Waals surface area contributed by atoms with E-state index in [2.05, 4.69) is 158 Å². The maximum Gasteiger partial charge on any atom is 0.224 e. The van der Waals surface area contributed by atoms with Crippen LogP contribution in [0.15, 0.2) is 155 Å². The van der Waals surface area contributed by atoms with Crippen molar-refractivity contribution in [2.45, 2.75) is 37.0 Å². The van der Waals surface area contributed by atoms with Crippen LogP contribution in [-0.4, -0.2) is 4.68 Å². The average molecular weight is 680 g/mol. The van der Waals surface area contributed by atoms with Gasteiger partial charge in [0, 0.05) is 41.1 Å². The molecule has 0 saturated heterocycles. The van der Waals surface area contributed by atoms with Gasteiger partial charge in [0.25, 0.3) is 0 Å². The van der Waals surface area contributed by atoms with Gasteiger partial charge in [-0.1, -0.05) is 123 Å². The number of para-hydroxylation sites is 1. The largest absolute Gasteiger partial charge is 0.224 e. The maximum atomic E-state index is 2.50. The molecule has 7 aromatic rings. The number of nitrogens with one attached hydrogen (secondary N) is 1. The molecule has 5 aromatic carbocycles. The second kappa shape index (κ2) is 10.6. The Labute approximate surface area is 300 Å². The number of aromatic nitrogens is 1. The molecule has 11 rings (SSSR count). The van der Waals surface area contributed by atoms with E-state index in [1.807, 2.05) is 23.1 Å². The summed E-state index contributed by atoms with van der Waals surface area (Å²) in [6.45, 7) is 4.73. The fourth-order valence-electron chi connectivity index (χ4n) is 8.67. The minimum atomic E-state index is 0.0840. The summed E-state index contributed by atoms with van der Waals surface area (Å²) in [5.74, 6) is 0.592. The van der Waals surface area contributed by atoms with Gasteiger partial charge in [0.15, 0.2) is 6.20 Å². The number of benzene rings is 5. The summed E-state index contributed by atoms with van der Waals surface area (Å²) < 4.78 is 3.91. The van der Waals surface area contributed by atoms with E-state index in [4.69, 9.17) is 0 Å². The van der Waals surface area contributed by atoms with Gasteiger partial charge in [-0.15, -0.1) is 11.3 Å². The van der Waals surface area contributed by atoms with Crippen molar-refractivity contribution in [1.82, 2.24) is 4.68 Å². The molecule has 0 radical (unpaired) electrons. The molecule has 4 heterocycles. The van der Waals surface area contributed by atoms with Crippen LogP contribution in [0.5, 0.6) is 0 Å². The van der Waals surface area contributed by atoms with Gasteiger partial charge in [0.1, 0.15) is 11.0 Å². The number of allylic oxidation sites excluding steroid dienone is 4. The zero-order valence-corrected chi connectivity index (χ0v) is 29.7. The first kappa shape index (κ1) is 28.9. The standard InChI is InChI=1S/C46H34N2S2/c1-28-17-20-42-37(23-28)36-13-8-12-33(45(36)50-42)31-10-7-9-29(24-31)30-18-19-35-34-11-3-5-15-39(34)48(40(35)25-30)47-27-41(47)32-21-22-46(2)38-14-4-6-16-43(38)49-44(46)26-32/h3-21,24-28H,22-23H2,1-2H3/p+1. The van der Waals surface area contributed by atoms with Crippen LogP contribution in [0.4, 0.5) is 0 Å². The zero-order chi connectivity index (χ0) is 33.1. The smallest absolute Gasteiger partial charge is 0.183 e. The molecule has 2 aliphatic carbocycles. The molecule has 4 aliphatic rings. The molecule has 2 aromatic heterocycles. The number of quaternary nitrogens is 1. The highest BCUT2D eigenvalue weighted by atomic mass is 32.2. The molecule has 3 unspecified atom stereocenters. The lowest BCUT2D eigenvalue weighted by atomic mass is 9.76. The van der Waals surface area contributed by atoms with Gasteiger partial charge in [-0.3, -0.25) is 0 Å². The summed E-state index contributed by atoms with van der Waals surface area (Å²) in [5.41, 5.74) is 13.4. The van der Waals surface area contributed by atoms with E-state index in [9.17, 15) is 0 Å². The third kappa shape index (κ3) is 4.19. The van der Waals surface area contributed by atoms with Gasteiger partial charge in [0.2, 0.25) is 5.70 Å². The van der Waals surface area contributed by atoms with Crippen molar-refractivity contribution in [2.24, 2.45) is 5.92 Å². The molecule has 4 heteroatoms. The van der Waals surface area contributed by atoms with Crippen molar-refractivity contribution in [3.05, 3.63) is 166 Å². The lowest BCUT2D eigenvalue weighted by Crippen LogP contribution is -2.96. The van der Waals surface area contributed by atoms with Crippen molar-refractivity contribution in [3.63, 3.8) is 0 Å². The van der Waals surface area contributed by atoms with Crippen LogP contribution in [0.25, 0.3) is 60.2 Å². The third-order valence-corrected chi connectivity index (χ3v) is 14.0. The maximum absolute atomic E-state index is 2.50. The molecule has 0 bridgehead atoms. The predicted molar refractivity (Wildman–Crippen MR) is 212 cm³/mol. The van der Waals surface area contributed by atoms with E-state index in [0.717, 1.165) is 12.8 Å². The Hall–Kier alpha value is -4.87. The number of hydrogen-bond acceptors (Lipinski definition) is 2. The van der Waals surface area contributed by atoms with Crippen LogP contribution in [-0.2, 0) is 11.8 Å². The number of thioether (sulfide) groups is 1. The molecule has 0 spiro atoms. The Balaban J connectivity index is 0.974. The topological polar surface area (TPSA) is 9.37 Å². The summed E-state index contributed by atoms with van der Waals surface area (Å²) in [5, 5.41) is 5.33. The summed E-state index contributed by atoms with van der Waals surface area (Å²) in [6, 6.07) is 40.9. The van der Waals surface area contributed by atoms with Crippen molar-refractivity contribution in [3.8, 4) is 22.3 Å². The van der Waals surface area contributed by atoms with Gasteiger partial charge in [0.05, 0.1) is 0 Å². The Morgan fingerprint density at radius 1 is 0.780 bits per heavy atom. The zero-order valence-electron chi connectivity index (χ0n) is 28.0. The molecular weight excluding hydrogens is 645 g/mol. The van der Waals surface area contributed by atoms with Crippen LogP contribution in [0.1, 0.15) is 36.3 Å². The number of nitrogens with zero attached hydrogens (tertiary/aromatic N) is 1. The first-order valence-corrected chi connectivity index (χ1v) is 19.3. The molecule has 0 amide bonds. The SMILES string of the molecule is CC1C=Cc2sc3c(-c4cccc(-c5ccc6c7ccccc7n([NH+]7C=C7C7=CCC8(C)C(=C7)Sc7ccccc78)c6c5)c4)cccc3c2C1. The fourth-order valence-corrected chi connectivity index (χ4v) is 11.3. The van der Waals surface area contributed by atoms with Crippen LogP contribution in [0.2, 0.25) is 0 Å². The lowest BCUT2D eigenvalue weighted by Gasteiger charge is -2.28. The molecule has 1 N–H and O–H groups in total. The van der Waals surface area contributed by atoms with Crippen LogP contribution < -0.4 is 5.01 Å². The van der Waals surface area contributed by atoms with Gasteiger partial charge >= 0.3 is 0 Å². The number of hydrogen-bond donors (Lipinski definition) is 1. The van der Waals surface area contributed by atoms with Gasteiger partial charge in [-0.2, -0.15) is 9.69 Å². The van der Waals surface area contributed by atoms with Crippen molar-refractivity contribution in [2.75, 3.05) is 0 Å². The van der Waals surface area contributed by atoms with E-state index < -0.39 is 0 Å². The summed E-state index contributed by atoms with van der Waals surface area (Å²) in [7, 11) is 0. The summed E-state index contributed by atoms with van der Waals surface area (Å²) in [4.78, 5) is 4.30. The molecule has 240 valence electrons. The highest BCUT2D eigenvalue weighted by molar-refractivity contribution is 8.03. The number of rotatable bonds is 4. The average Bonchev–Trinajstić information content (AvgIpc) is 3.61. The van der Waals surface area contributed by atoms with Crippen LogP contribution in [0, 0.1) is 5.92 Å². The first-order valence-electron chi connectivity index (χ1n) is 17.7. The lowest BCUT2D eigenvalue weighted by molar-refractivity contribution is -0.780. The minimum absolute atomic E-state index is 0.0840. The van der Waals surface area contributed by atoms with E-state index in [0.29, 0.717) is 5.92 Å². The Bertz CT molecular complexity index is 2730. The normalized spacial score (nSPS) is 21.9. The number of fused-ring (bicyclic) bond motifs is 9. The highest BCUT2D eigenvalue weighted by Crippen LogP contribution is 2.56.